The molecule has 2 N–H and O–H groups in total. The number of carbonyl (C=O) groups is 1. The van der Waals surface area contributed by atoms with E-state index in [4.69, 9.17) is 4.74 Å². The van der Waals surface area contributed by atoms with Gasteiger partial charge in [-0.25, -0.2) is 9.97 Å². The van der Waals surface area contributed by atoms with Crippen molar-refractivity contribution >= 4 is 29.3 Å². The number of anilines is 2. The van der Waals surface area contributed by atoms with Gasteiger partial charge in [0.05, 0.1) is 29.1 Å². The van der Waals surface area contributed by atoms with E-state index in [2.05, 4.69) is 37.8 Å². The van der Waals surface area contributed by atoms with Crippen LogP contribution in [0.5, 0.6) is 0 Å². The second-order valence-corrected chi connectivity index (χ2v) is 9.05. The van der Waals surface area contributed by atoms with Gasteiger partial charge in [-0.15, -0.1) is 0 Å². The Hall–Kier alpha value is -3.43. The van der Waals surface area contributed by atoms with Gasteiger partial charge in [-0.2, -0.15) is 5.10 Å². The average molecular weight is 461 g/mol. The number of aromatic nitrogens is 4. The number of rotatable bonds is 6. The van der Waals surface area contributed by atoms with Gasteiger partial charge >= 0.3 is 0 Å². The summed E-state index contributed by atoms with van der Waals surface area (Å²) >= 11 is 1.50. The molecule has 1 amide bonds. The average Bonchev–Trinajstić information content (AvgIpc) is 3.44. The zero-order valence-corrected chi connectivity index (χ0v) is 19.2. The molecule has 1 atom stereocenters. The molecule has 168 valence electrons. The minimum absolute atomic E-state index is 0.0593. The zero-order chi connectivity index (χ0) is 22.8. The minimum atomic E-state index is -0.0655. The number of carbonyl (C=O) groups excluding carboxylic acids is 1. The van der Waals surface area contributed by atoms with Crippen LogP contribution in [0.25, 0.3) is 11.3 Å². The van der Waals surface area contributed by atoms with E-state index in [0.717, 1.165) is 39.4 Å². The highest BCUT2D eigenvalue weighted by atomic mass is 32.2. The molecular weight excluding hydrogens is 436 g/mol. The molecule has 2 aliphatic heterocycles. The molecule has 0 bridgehead atoms. The summed E-state index contributed by atoms with van der Waals surface area (Å²) in [7, 11) is 1.86. The molecule has 0 saturated heterocycles. The summed E-state index contributed by atoms with van der Waals surface area (Å²) in [5, 5.41) is 10.3. The van der Waals surface area contributed by atoms with Crippen molar-refractivity contribution in [2.45, 2.75) is 26.0 Å². The fourth-order valence-electron chi connectivity index (χ4n) is 3.76. The molecule has 9 heteroatoms. The first kappa shape index (κ1) is 21.4. The van der Waals surface area contributed by atoms with Crippen LogP contribution in [0.15, 0.2) is 64.8 Å². The van der Waals surface area contributed by atoms with Gasteiger partial charge in [-0.1, -0.05) is 30.0 Å². The number of nitrogens with zero attached hydrogens (tertiary/aromatic N) is 4. The highest BCUT2D eigenvalue weighted by Crippen LogP contribution is 2.39. The summed E-state index contributed by atoms with van der Waals surface area (Å²) in [4.78, 5) is 23.4. The summed E-state index contributed by atoms with van der Waals surface area (Å²) in [5.74, 6) is 0.445. The van der Waals surface area contributed by atoms with E-state index in [0.29, 0.717) is 24.0 Å². The van der Waals surface area contributed by atoms with E-state index >= 15 is 0 Å². The van der Waals surface area contributed by atoms with Crippen LogP contribution in [0.2, 0.25) is 0 Å². The van der Waals surface area contributed by atoms with Gasteiger partial charge in [-0.3, -0.25) is 9.48 Å². The van der Waals surface area contributed by atoms with Crippen LogP contribution >= 0.6 is 11.8 Å². The van der Waals surface area contributed by atoms with Gasteiger partial charge in [0.15, 0.2) is 0 Å². The number of ether oxygens (including phenoxy) is 1. The maximum atomic E-state index is 12.6. The lowest BCUT2D eigenvalue weighted by Gasteiger charge is -2.15. The highest BCUT2D eigenvalue weighted by Gasteiger charge is 2.28. The fourth-order valence-corrected chi connectivity index (χ4v) is 4.82. The molecule has 1 unspecified atom stereocenters. The number of benzene rings is 1. The molecule has 33 heavy (non-hydrogen) atoms. The van der Waals surface area contributed by atoms with Crippen molar-refractivity contribution in [2.24, 2.45) is 7.05 Å². The van der Waals surface area contributed by atoms with Crippen LogP contribution in [-0.4, -0.2) is 38.4 Å². The van der Waals surface area contributed by atoms with E-state index in [1.54, 1.807) is 17.1 Å². The third kappa shape index (κ3) is 4.84. The Morgan fingerprint density at radius 1 is 1.33 bits per heavy atom. The molecule has 0 radical (unpaired) electrons. The van der Waals surface area contributed by atoms with Crippen LogP contribution in [0.1, 0.15) is 17.5 Å². The van der Waals surface area contributed by atoms with Crippen molar-refractivity contribution in [1.29, 1.82) is 0 Å². The molecule has 3 aromatic rings. The van der Waals surface area contributed by atoms with Crippen LogP contribution in [0, 0.1) is 6.92 Å². The van der Waals surface area contributed by atoms with Crippen molar-refractivity contribution in [3.63, 3.8) is 0 Å². The summed E-state index contributed by atoms with van der Waals surface area (Å²) < 4.78 is 7.41. The lowest BCUT2D eigenvalue weighted by Crippen LogP contribution is -2.23. The zero-order valence-electron chi connectivity index (χ0n) is 18.4. The normalized spacial score (nSPS) is 17.2. The Bertz CT molecular complexity index is 1270. The van der Waals surface area contributed by atoms with Gasteiger partial charge < -0.3 is 15.4 Å². The third-order valence-electron chi connectivity index (χ3n) is 5.49. The molecule has 0 saturated carbocycles. The van der Waals surface area contributed by atoms with Crippen LogP contribution < -0.4 is 10.6 Å². The number of fused-ring (bicyclic) bond motifs is 1. The Morgan fingerprint density at radius 3 is 3.03 bits per heavy atom. The van der Waals surface area contributed by atoms with Gasteiger partial charge in [0, 0.05) is 36.5 Å². The number of hydrogen-bond donors (Lipinski definition) is 2. The first-order chi connectivity index (χ1) is 16.0. The fraction of sp³-hybridized carbons (Fsp3) is 0.250. The third-order valence-corrected chi connectivity index (χ3v) is 6.67. The second kappa shape index (κ2) is 9.21. The number of hydrogen-bond acceptors (Lipinski definition) is 7. The number of nitrogens with one attached hydrogen (secondary N) is 2. The predicted molar refractivity (Wildman–Crippen MR) is 129 cm³/mol. The molecule has 2 aromatic heterocycles. The number of aryl methyl sites for hydroxylation is 2. The standard InChI is InChI=1S/C24H24N6O2S/c1-15-10-16(19-7-8-25-24(29-19)28-18-13-27-30(2)14-18)5-6-17(15)12-26-23(31)22-11-20-21(33-22)4-3-9-32-20/h4-8,10-11,13-14,20H,3,9,12H2,1-2H3,(H,26,31)(H,25,28,29). The van der Waals surface area contributed by atoms with Crippen molar-refractivity contribution in [1.82, 2.24) is 25.1 Å². The first-order valence-corrected chi connectivity index (χ1v) is 11.5. The monoisotopic (exact) mass is 460 g/mol. The summed E-state index contributed by atoms with van der Waals surface area (Å²) in [6, 6.07) is 8.00. The maximum Gasteiger partial charge on any atom is 0.258 e. The molecule has 5 rings (SSSR count). The Labute approximate surface area is 196 Å². The molecule has 0 spiro atoms. The smallest absolute Gasteiger partial charge is 0.258 e. The molecule has 0 aliphatic carbocycles. The topological polar surface area (TPSA) is 94.0 Å². The van der Waals surface area contributed by atoms with Crippen molar-refractivity contribution < 1.29 is 9.53 Å². The summed E-state index contributed by atoms with van der Waals surface area (Å²) in [6.45, 7) is 3.21. The Kier molecular flexibility index (Phi) is 5.97. The quantitative estimate of drug-likeness (QED) is 0.577. The molecule has 0 fully saturated rings. The maximum absolute atomic E-state index is 12.6. The van der Waals surface area contributed by atoms with E-state index in [1.165, 1.54) is 11.8 Å². The SMILES string of the molecule is Cc1cc(-c2ccnc(Nc3cnn(C)c3)n2)ccc1CNC(=O)C1=CC2OCCC=C2S1. The lowest BCUT2D eigenvalue weighted by atomic mass is 10.0. The van der Waals surface area contributed by atoms with Crippen LogP contribution in [0.4, 0.5) is 11.6 Å². The molecule has 4 heterocycles. The second-order valence-electron chi connectivity index (χ2n) is 7.94. The van der Waals surface area contributed by atoms with E-state index in [-0.39, 0.29) is 12.0 Å². The van der Waals surface area contributed by atoms with Gasteiger partial charge in [0.2, 0.25) is 5.95 Å². The van der Waals surface area contributed by atoms with Crippen molar-refractivity contribution in [2.75, 3.05) is 11.9 Å². The highest BCUT2D eigenvalue weighted by molar-refractivity contribution is 8.08. The predicted octanol–water partition coefficient (Wildman–Crippen LogP) is 3.85. The van der Waals surface area contributed by atoms with Crippen LogP contribution in [-0.2, 0) is 23.1 Å². The van der Waals surface area contributed by atoms with Crippen molar-refractivity contribution in [3.05, 3.63) is 75.9 Å². The molecule has 8 nitrogen and oxygen atoms in total. The van der Waals surface area contributed by atoms with Gasteiger partial charge in [-0.05, 0) is 42.7 Å². The van der Waals surface area contributed by atoms with Gasteiger partial charge in [0.1, 0.15) is 6.10 Å². The molecular formula is C24H24N6O2S. The summed E-state index contributed by atoms with van der Waals surface area (Å²) in [5.41, 5.74) is 4.78. The minimum Gasteiger partial charge on any atom is -0.369 e. The Balaban J connectivity index is 1.24. The van der Waals surface area contributed by atoms with E-state index in [9.17, 15) is 4.79 Å². The first-order valence-electron chi connectivity index (χ1n) is 10.7. The lowest BCUT2D eigenvalue weighted by molar-refractivity contribution is -0.117. The van der Waals surface area contributed by atoms with E-state index < -0.39 is 0 Å². The summed E-state index contributed by atoms with van der Waals surface area (Å²) in [6.07, 6.45) is 10.2. The van der Waals surface area contributed by atoms with Crippen molar-refractivity contribution in [3.8, 4) is 11.3 Å². The van der Waals surface area contributed by atoms with Crippen LogP contribution in [0.3, 0.4) is 0 Å². The number of amides is 1. The number of thioether (sulfide) groups is 1. The molecule has 2 aliphatic rings. The van der Waals surface area contributed by atoms with E-state index in [1.807, 2.05) is 44.4 Å². The van der Waals surface area contributed by atoms with Gasteiger partial charge in [0.25, 0.3) is 5.91 Å². The molecule has 1 aromatic carbocycles. The Morgan fingerprint density at radius 2 is 2.24 bits per heavy atom. The largest absolute Gasteiger partial charge is 0.369 e.